The number of rotatable bonds is 5. The third-order valence-corrected chi connectivity index (χ3v) is 5.84. The molecule has 156 valence electrons. The molecule has 1 aliphatic carbocycles. The summed E-state index contributed by atoms with van der Waals surface area (Å²) in [5.41, 5.74) is -1.70. The second kappa shape index (κ2) is 6.69. The topological polar surface area (TPSA) is 149 Å². The zero-order valence-corrected chi connectivity index (χ0v) is 16.5. The van der Waals surface area contributed by atoms with Gasteiger partial charge < -0.3 is 20.4 Å². The van der Waals surface area contributed by atoms with Gasteiger partial charge in [-0.05, 0) is 46.7 Å². The van der Waals surface area contributed by atoms with Gasteiger partial charge in [0.05, 0.1) is 22.3 Å². The Morgan fingerprint density at radius 3 is 1.77 bits per heavy atom. The maximum Gasteiger partial charge on any atom is 0.336 e. The van der Waals surface area contributed by atoms with E-state index in [9.17, 15) is 39.6 Å². The van der Waals surface area contributed by atoms with Crippen LogP contribution in [-0.2, 0) is 10.8 Å². The fourth-order valence-electron chi connectivity index (χ4n) is 4.70. The Labute approximate surface area is 171 Å². The van der Waals surface area contributed by atoms with E-state index >= 15 is 0 Å². The van der Waals surface area contributed by atoms with Crippen molar-refractivity contribution in [2.45, 2.75) is 38.0 Å². The summed E-state index contributed by atoms with van der Waals surface area (Å²) in [4.78, 5) is 46.8. The summed E-state index contributed by atoms with van der Waals surface area (Å²) in [5.74, 6) is -5.59. The van der Waals surface area contributed by atoms with Crippen LogP contribution < -0.4 is 0 Å². The van der Waals surface area contributed by atoms with Crippen LogP contribution in [0.4, 0.5) is 0 Å². The predicted molar refractivity (Wildman–Crippen MR) is 105 cm³/mol. The van der Waals surface area contributed by atoms with E-state index in [0.29, 0.717) is 23.1 Å². The number of hydrogen-bond donors (Lipinski definition) is 4. The van der Waals surface area contributed by atoms with E-state index in [0.717, 1.165) is 0 Å². The Bertz CT molecular complexity index is 1130. The van der Waals surface area contributed by atoms with E-state index in [4.69, 9.17) is 0 Å². The van der Waals surface area contributed by atoms with Gasteiger partial charge in [0.15, 0.2) is 0 Å². The molecule has 8 nitrogen and oxygen atoms in total. The highest BCUT2D eigenvalue weighted by molar-refractivity contribution is 6.04. The van der Waals surface area contributed by atoms with Crippen LogP contribution in [0, 0.1) is 0 Å². The summed E-state index contributed by atoms with van der Waals surface area (Å²) in [7, 11) is 0. The lowest BCUT2D eigenvalue weighted by molar-refractivity contribution is 0.0649. The minimum absolute atomic E-state index is 0.305. The van der Waals surface area contributed by atoms with E-state index in [2.05, 4.69) is 0 Å². The van der Waals surface area contributed by atoms with Gasteiger partial charge in [0, 0.05) is 5.41 Å². The number of benzene rings is 2. The molecule has 30 heavy (non-hydrogen) atoms. The molecule has 1 unspecified atom stereocenters. The van der Waals surface area contributed by atoms with Gasteiger partial charge in [0.25, 0.3) is 0 Å². The molecule has 1 atom stereocenters. The van der Waals surface area contributed by atoms with Crippen molar-refractivity contribution < 1.29 is 39.6 Å². The molecule has 0 fully saturated rings. The van der Waals surface area contributed by atoms with Crippen LogP contribution in [0.15, 0.2) is 30.3 Å². The fourth-order valence-corrected chi connectivity index (χ4v) is 4.70. The molecule has 0 aromatic heterocycles. The molecule has 0 aliphatic heterocycles. The van der Waals surface area contributed by atoms with Crippen molar-refractivity contribution in [2.75, 3.05) is 0 Å². The molecular formula is C22H20O8. The first-order valence-electron chi connectivity index (χ1n) is 9.07. The molecular weight excluding hydrogens is 392 g/mol. The molecule has 4 N–H and O–H groups in total. The lowest BCUT2D eigenvalue weighted by Crippen LogP contribution is -2.27. The van der Waals surface area contributed by atoms with Crippen LogP contribution in [0.1, 0.15) is 85.3 Å². The van der Waals surface area contributed by atoms with Gasteiger partial charge in [-0.25, -0.2) is 19.2 Å². The summed E-state index contributed by atoms with van der Waals surface area (Å²) < 4.78 is 0. The standard InChI is InChI=1S/C22H20O8/c1-21(2)9-22(3,10-4-5-11(17(23)24)13(8-10)19(27)28)16-14(21)7-6-12(18(25)26)15(16)20(29)30/h4-8H,9H2,1-3H3,(H,23,24)(H,25,26)(H,27,28)(H,29,30). The van der Waals surface area contributed by atoms with E-state index in [-0.39, 0.29) is 16.7 Å². The molecule has 0 bridgehead atoms. The largest absolute Gasteiger partial charge is 0.478 e. The first-order valence-corrected chi connectivity index (χ1v) is 9.07. The molecule has 0 amide bonds. The van der Waals surface area contributed by atoms with Gasteiger partial charge in [-0.1, -0.05) is 32.9 Å². The van der Waals surface area contributed by atoms with E-state index < -0.39 is 40.3 Å². The van der Waals surface area contributed by atoms with Gasteiger partial charge in [0.1, 0.15) is 0 Å². The van der Waals surface area contributed by atoms with E-state index in [1.165, 1.54) is 24.3 Å². The van der Waals surface area contributed by atoms with Crippen LogP contribution in [0.5, 0.6) is 0 Å². The summed E-state index contributed by atoms with van der Waals surface area (Å²) >= 11 is 0. The molecule has 2 aromatic rings. The second-order valence-corrected chi connectivity index (χ2v) is 8.28. The average Bonchev–Trinajstić information content (AvgIpc) is 2.86. The average molecular weight is 412 g/mol. The zero-order valence-electron chi connectivity index (χ0n) is 16.5. The van der Waals surface area contributed by atoms with Crippen molar-refractivity contribution >= 4 is 23.9 Å². The second-order valence-electron chi connectivity index (χ2n) is 8.28. The molecule has 1 aliphatic rings. The molecule has 8 heteroatoms. The highest BCUT2D eigenvalue weighted by Crippen LogP contribution is 2.54. The van der Waals surface area contributed by atoms with Crippen molar-refractivity contribution in [1.29, 1.82) is 0 Å². The van der Waals surface area contributed by atoms with Crippen molar-refractivity contribution in [3.05, 3.63) is 69.3 Å². The highest BCUT2D eigenvalue weighted by Gasteiger charge is 2.49. The van der Waals surface area contributed by atoms with E-state index in [1.807, 2.05) is 13.8 Å². The molecule has 0 spiro atoms. The lowest BCUT2D eigenvalue weighted by atomic mass is 9.73. The fraction of sp³-hybridized carbons (Fsp3) is 0.273. The van der Waals surface area contributed by atoms with Gasteiger partial charge in [-0.2, -0.15) is 0 Å². The van der Waals surface area contributed by atoms with Crippen molar-refractivity contribution in [2.24, 2.45) is 0 Å². The van der Waals surface area contributed by atoms with Gasteiger partial charge >= 0.3 is 23.9 Å². The van der Waals surface area contributed by atoms with Gasteiger partial charge in [0.2, 0.25) is 0 Å². The highest BCUT2D eigenvalue weighted by atomic mass is 16.4. The van der Waals surface area contributed by atoms with Crippen molar-refractivity contribution in [3.63, 3.8) is 0 Å². The Morgan fingerprint density at radius 1 is 0.733 bits per heavy atom. The molecule has 2 aromatic carbocycles. The first kappa shape index (κ1) is 21.0. The number of carboxylic acid groups (broad SMARTS) is 4. The molecule has 0 saturated heterocycles. The summed E-state index contributed by atoms with van der Waals surface area (Å²) in [5, 5.41) is 38.1. The van der Waals surface area contributed by atoms with Crippen LogP contribution >= 0.6 is 0 Å². The number of carbonyl (C=O) groups is 4. The Morgan fingerprint density at radius 2 is 1.27 bits per heavy atom. The summed E-state index contributed by atoms with van der Waals surface area (Å²) in [6, 6.07) is 6.74. The molecule has 0 heterocycles. The number of carboxylic acids is 4. The van der Waals surface area contributed by atoms with Crippen molar-refractivity contribution in [1.82, 2.24) is 0 Å². The van der Waals surface area contributed by atoms with Gasteiger partial charge in [-0.3, -0.25) is 0 Å². The maximum absolute atomic E-state index is 12.1. The van der Waals surface area contributed by atoms with Gasteiger partial charge in [-0.15, -0.1) is 0 Å². The number of hydrogen-bond acceptors (Lipinski definition) is 4. The quantitative estimate of drug-likeness (QED) is 0.583. The summed E-state index contributed by atoms with van der Waals surface area (Å²) in [6.45, 7) is 5.51. The van der Waals surface area contributed by atoms with Crippen molar-refractivity contribution in [3.8, 4) is 0 Å². The predicted octanol–water partition coefficient (Wildman–Crippen LogP) is 3.47. The minimum Gasteiger partial charge on any atom is -0.478 e. The SMILES string of the molecule is CC1(C)CC(C)(c2ccc(C(=O)O)c(C(=O)O)c2)c2c1ccc(C(=O)O)c2C(=O)O. The van der Waals surface area contributed by atoms with Crippen LogP contribution in [-0.4, -0.2) is 44.3 Å². The molecule has 0 radical (unpaired) electrons. The third kappa shape index (κ3) is 3.01. The van der Waals surface area contributed by atoms with Crippen LogP contribution in [0.25, 0.3) is 0 Å². The Hall–Kier alpha value is -3.68. The zero-order chi connectivity index (χ0) is 22.6. The van der Waals surface area contributed by atoms with Crippen LogP contribution in [0.3, 0.4) is 0 Å². The Kier molecular flexibility index (Phi) is 4.69. The smallest absolute Gasteiger partial charge is 0.336 e. The normalized spacial score (nSPS) is 19.2. The number of fused-ring (bicyclic) bond motifs is 1. The maximum atomic E-state index is 12.1. The molecule has 0 saturated carbocycles. The van der Waals surface area contributed by atoms with E-state index in [1.54, 1.807) is 13.0 Å². The first-order chi connectivity index (χ1) is 13.8. The summed E-state index contributed by atoms with van der Waals surface area (Å²) in [6.07, 6.45) is 0.379. The Balaban J connectivity index is 2.40. The monoisotopic (exact) mass is 412 g/mol. The number of aromatic carboxylic acids is 4. The third-order valence-electron chi connectivity index (χ3n) is 5.84. The van der Waals surface area contributed by atoms with Crippen LogP contribution in [0.2, 0.25) is 0 Å². The minimum atomic E-state index is -1.42. The molecule has 3 rings (SSSR count). The lowest BCUT2D eigenvalue weighted by Gasteiger charge is -2.30.